The van der Waals surface area contributed by atoms with Crippen molar-refractivity contribution in [2.24, 2.45) is 0 Å². The molecule has 2 aromatic heterocycles. The minimum atomic E-state index is 0.114. The molecule has 2 heterocycles. The number of aromatic nitrogens is 1. The van der Waals surface area contributed by atoms with Gasteiger partial charge in [0, 0.05) is 16.5 Å². The van der Waals surface area contributed by atoms with E-state index in [0.29, 0.717) is 6.54 Å². The van der Waals surface area contributed by atoms with Crippen LogP contribution >= 0.6 is 22.7 Å². The van der Waals surface area contributed by atoms with Crippen LogP contribution in [0.1, 0.15) is 4.88 Å². The zero-order valence-corrected chi connectivity index (χ0v) is 7.90. The number of rotatable bonds is 2. The largest absolute Gasteiger partial charge is 0.307 e. The minimum Gasteiger partial charge on any atom is -0.301 e. The average Bonchev–Trinajstić information content (AvgIpc) is 2.65. The van der Waals surface area contributed by atoms with Crippen LogP contribution < -0.4 is 4.87 Å². The Kier molecular flexibility index (Phi) is 2.10. The van der Waals surface area contributed by atoms with Crippen molar-refractivity contribution in [3.8, 4) is 0 Å². The number of thiazole rings is 1. The molecule has 0 saturated carbocycles. The van der Waals surface area contributed by atoms with Crippen molar-refractivity contribution in [3.05, 3.63) is 43.6 Å². The first-order chi connectivity index (χ1) is 5.86. The van der Waals surface area contributed by atoms with Crippen LogP contribution in [0.3, 0.4) is 0 Å². The minimum absolute atomic E-state index is 0.114. The second-order valence-corrected chi connectivity index (χ2v) is 4.27. The Morgan fingerprint density at radius 3 is 2.83 bits per heavy atom. The third-order valence-electron chi connectivity index (χ3n) is 1.55. The number of nitrogens with zero attached hydrogens (tertiary/aromatic N) is 1. The summed E-state index contributed by atoms with van der Waals surface area (Å²) in [5, 5.41) is 3.84. The molecule has 12 heavy (non-hydrogen) atoms. The first-order valence-electron chi connectivity index (χ1n) is 3.52. The molecule has 2 rings (SSSR count). The van der Waals surface area contributed by atoms with E-state index < -0.39 is 0 Å². The van der Waals surface area contributed by atoms with Gasteiger partial charge >= 0.3 is 4.87 Å². The third-order valence-corrected chi connectivity index (χ3v) is 3.11. The molecular formula is C8H7NOS2. The van der Waals surface area contributed by atoms with Gasteiger partial charge in [-0.05, 0) is 11.4 Å². The van der Waals surface area contributed by atoms with Crippen molar-refractivity contribution in [2.45, 2.75) is 6.54 Å². The van der Waals surface area contributed by atoms with E-state index in [-0.39, 0.29) is 4.87 Å². The van der Waals surface area contributed by atoms with Crippen molar-refractivity contribution in [2.75, 3.05) is 0 Å². The summed E-state index contributed by atoms with van der Waals surface area (Å²) in [5.41, 5.74) is 0. The van der Waals surface area contributed by atoms with Crippen LogP contribution in [0.25, 0.3) is 0 Å². The molecule has 0 radical (unpaired) electrons. The third kappa shape index (κ3) is 1.49. The fourth-order valence-electron chi connectivity index (χ4n) is 0.978. The molecular weight excluding hydrogens is 190 g/mol. The molecule has 0 N–H and O–H groups in total. The van der Waals surface area contributed by atoms with E-state index in [2.05, 4.69) is 0 Å². The lowest BCUT2D eigenvalue weighted by Gasteiger charge is -1.95. The highest BCUT2D eigenvalue weighted by atomic mass is 32.1. The van der Waals surface area contributed by atoms with Gasteiger partial charge in [0.15, 0.2) is 0 Å². The van der Waals surface area contributed by atoms with Crippen LogP contribution in [0.5, 0.6) is 0 Å². The Morgan fingerprint density at radius 1 is 1.33 bits per heavy atom. The SMILES string of the molecule is O=c1sccn1Cc1cccs1. The van der Waals surface area contributed by atoms with Gasteiger partial charge in [-0.2, -0.15) is 0 Å². The van der Waals surface area contributed by atoms with Gasteiger partial charge in [0.05, 0.1) is 6.54 Å². The lowest BCUT2D eigenvalue weighted by atomic mass is 10.5. The van der Waals surface area contributed by atoms with E-state index in [0.717, 1.165) is 0 Å². The molecule has 0 saturated heterocycles. The molecule has 62 valence electrons. The Hall–Kier alpha value is -0.870. The Bertz CT molecular complexity index is 399. The fraction of sp³-hybridized carbons (Fsp3) is 0.125. The van der Waals surface area contributed by atoms with Crippen LogP contribution in [-0.4, -0.2) is 4.57 Å². The quantitative estimate of drug-likeness (QED) is 0.722. The maximum atomic E-state index is 11.1. The fourth-order valence-corrected chi connectivity index (χ4v) is 2.27. The monoisotopic (exact) mass is 197 g/mol. The maximum absolute atomic E-state index is 11.1. The Morgan fingerprint density at radius 2 is 2.25 bits per heavy atom. The Labute approximate surface area is 77.7 Å². The molecule has 0 aromatic carbocycles. The molecule has 0 unspecified atom stereocenters. The molecule has 0 amide bonds. The van der Waals surface area contributed by atoms with E-state index in [1.807, 2.05) is 29.1 Å². The highest BCUT2D eigenvalue weighted by Gasteiger charge is 1.97. The van der Waals surface area contributed by atoms with E-state index in [1.54, 1.807) is 15.9 Å². The average molecular weight is 197 g/mol. The molecule has 0 spiro atoms. The van der Waals surface area contributed by atoms with Crippen LogP contribution in [0.2, 0.25) is 0 Å². The van der Waals surface area contributed by atoms with Gasteiger partial charge in [0.1, 0.15) is 0 Å². The van der Waals surface area contributed by atoms with E-state index >= 15 is 0 Å². The maximum Gasteiger partial charge on any atom is 0.307 e. The summed E-state index contributed by atoms with van der Waals surface area (Å²) < 4.78 is 1.72. The van der Waals surface area contributed by atoms with E-state index in [1.165, 1.54) is 16.2 Å². The predicted octanol–water partition coefficient (Wildman–Crippen LogP) is 2.02. The lowest BCUT2D eigenvalue weighted by Crippen LogP contribution is -2.11. The van der Waals surface area contributed by atoms with Gasteiger partial charge in [-0.3, -0.25) is 4.79 Å². The van der Waals surface area contributed by atoms with Crippen molar-refractivity contribution in [3.63, 3.8) is 0 Å². The number of hydrogen-bond acceptors (Lipinski definition) is 3. The van der Waals surface area contributed by atoms with Gasteiger partial charge in [-0.1, -0.05) is 17.4 Å². The van der Waals surface area contributed by atoms with Crippen LogP contribution in [0.4, 0.5) is 0 Å². The summed E-state index contributed by atoms with van der Waals surface area (Å²) in [7, 11) is 0. The highest BCUT2D eigenvalue weighted by molar-refractivity contribution is 7.10. The molecule has 2 aromatic rings. The number of thiophene rings is 1. The van der Waals surface area contributed by atoms with E-state index in [4.69, 9.17) is 0 Å². The molecule has 4 heteroatoms. The van der Waals surface area contributed by atoms with Gasteiger partial charge in [0.2, 0.25) is 0 Å². The highest BCUT2D eigenvalue weighted by Crippen LogP contribution is 2.09. The van der Waals surface area contributed by atoms with Crippen LogP contribution in [0.15, 0.2) is 33.9 Å². The summed E-state index contributed by atoms with van der Waals surface area (Å²) in [4.78, 5) is 12.5. The van der Waals surface area contributed by atoms with Crippen molar-refractivity contribution < 1.29 is 0 Å². The molecule has 0 aliphatic heterocycles. The summed E-state index contributed by atoms with van der Waals surface area (Å²) >= 11 is 2.91. The van der Waals surface area contributed by atoms with Gasteiger partial charge < -0.3 is 4.57 Å². The van der Waals surface area contributed by atoms with Crippen molar-refractivity contribution in [1.29, 1.82) is 0 Å². The van der Waals surface area contributed by atoms with E-state index in [9.17, 15) is 4.79 Å². The zero-order chi connectivity index (χ0) is 8.39. The van der Waals surface area contributed by atoms with Crippen LogP contribution in [-0.2, 0) is 6.54 Å². The standard InChI is InChI=1S/C8H7NOS2/c10-8-9(3-5-12-8)6-7-2-1-4-11-7/h1-5H,6H2. The summed E-state index contributed by atoms with van der Waals surface area (Å²) in [6, 6.07) is 4.03. The van der Waals surface area contributed by atoms with Crippen molar-refractivity contribution in [1.82, 2.24) is 4.57 Å². The molecule has 0 fully saturated rings. The summed E-state index contributed by atoms with van der Waals surface area (Å²) in [6.07, 6.45) is 1.83. The smallest absolute Gasteiger partial charge is 0.301 e. The molecule has 0 bridgehead atoms. The first kappa shape index (κ1) is 7.76. The summed E-state index contributed by atoms with van der Waals surface area (Å²) in [5.74, 6) is 0. The van der Waals surface area contributed by atoms with Gasteiger partial charge in [0.25, 0.3) is 0 Å². The first-order valence-corrected chi connectivity index (χ1v) is 5.28. The topological polar surface area (TPSA) is 22.0 Å². The van der Waals surface area contributed by atoms with Gasteiger partial charge in [-0.25, -0.2) is 0 Å². The summed E-state index contributed by atoms with van der Waals surface area (Å²) in [6.45, 7) is 0.708. The molecule has 0 aliphatic carbocycles. The van der Waals surface area contributed by atoms with Crippen molar-refractivity contribution >= 4 is 22.7 Å². The number of hydrogen-bond donors (Lipinski definition) is 0. The van der Waals surface area contributed by atoms with Crippen LogP contribution in [0, 0.1) is 0 Å². The Balaban J connectivity index is 2.25. The zero-order valence-electron chi connectivity index (χ0n) is 6.27. The molecule has 0 atom stereocenters. The molecule has 2 nitrogen and oxygen atoms in total. The normalized spacial score (nSPS) is 10.3. The lowest BCUT2D eigenvalue weighted by molar-refractivity contribution is 0.796. The predicted molar refractivity (Wildman–Crippen MR) is 52.0 cm³/mol. The van der Waals surface area contributed by atoms with Gasteiger partial charge in [-0.15, -0.1) is 11.3 Å². The second-order valence-electron chi connectivity index (χ2n) is 2.38. The molecule has 0 aliphatic rings. The second kappa shape index (κ2) is 3.25.